The van der Waals surface area contributed by atoms with Crippen molar-refractivity contribution in [2.75, 3.05) is 0 Å². The van der Waals surface area contributed by atoms with Gasteiger partial charge in [-0.05, 0) is 36.8 Å². The molecule has 2 aromatic rings. The quantitative estimate of drug-likeness (QED) is 0.749. The third-order valence-corrected chi connectivity index (χ3v) is 4.19. The molecule has 0 radical (unpaired) electrons. The van der Waals surface area contributed by atoms with Crippen molar-refractivity contribution in [1.29, 1.82) is 0 Å². The second kappa shape index (κ2) is 5.54. The average molecular weight is 284 g/mol. The molecule has 0 aliphatic heterocycles. The number of halogens is 2. The van der Waals surface area contributed by atoms with Gasteiger partial charge in [-0.2, -0.15) is 0 Å². The molecule has 0 atom stereocenters. The fraction of sp³-hybridized carbons (Fsp3) is 0.467. The number of aromatic amines is 1. The monoisotopic (exact) mass is 283 g/mol. The van der Waals surface area contributed by atoms with Crippen LogP contribution in [0.25, 0.3) is 10.9 Å². The second-order valence-corrected chi connectivity index (χ2v) is 5.94. The SMILES string of the molecule is CCc1c(CCC(C)C)[nH]c2c(Cl)c(Cl)ccc12. The van der Waals surface area contributed by atoms with Crippen LogP contribution in [0, 0.1) is 5.92 Å². The van der Waals surface area contributed by atoms with E-state index in [1.54, 1.807) is 0 Å². The van der Waals surface area contributed by atoms with Gasteiger partial charge in [-0.15, -0.1) is 0 Å². The van der Waals surface area contributed by atoms with Gasteiger partial charge in [-0.25, -0.2) is 0 Å². The topological polar surface area (TPSA) is 15.8 Å². The summed E-state index contributed by atoms with van der Waals surface area (Å²) >= 11 is 12.3. The second-order valence-electron chi connectivity index (χ2n) is 5.15. The van der Waals surface area contributed by atoms with Crippen LogP contribution in [-0.4, -0.2) is 4.98 Å². The molecule has 3 heteroatoms. The highest BCUT2D eigenvalue weighted by Crippen LogP contribution is 2.34. The van der Waals surface area contributed by atoms with E-state index in [0.29, 0.717) is 16.0 Å². The van der Waals surface area contributed by atoms with Crippen LogP contribution in [0.1, 0.15) is 38.4 Å². The van der Waals surface area contributed by atoms with Crippen LogP contribution < -0.4 is 0 Å². The van der Waals surface area contributed by atoms with Crippen molar-refractivity contribution in [2.24, 2.45) is 5.92 Å². The Morgan fingerprint density at radius 2 is 1.94 bits per heavy atom. The largest absolute Gasteiger partial charge is 0.357 e. The molecule has 0 amide bonds. The van der Waals surface area contributed by atoms with Gasteiger partial charge in [-0.3, -0.25) is 0 Å². The van der Waals surface area contributed by atoms with Crippen LogP contribution in [0.15, 0.2) is 12.1 Å². The molecule has 0 spiro atoms. The molecule has 2 rings (SSSR count). The predicted octanol–water partition coefficient (Wildman–Crippen LogP) is 5.63. The molecule has 1 heterocycles. The van der Waals surface area contributed by atoms with Crippen molar-refractivity contribution in [2.45, 2.75) is 40.0 Å². The minimum atomic E-state index is 0.614. The van der Waals surface area contributed by atoms with Crippen molar-refractivity contribution in [3.8, 4) is 0 Å². The molecule has 1 nitrogen and oxygen atoms in total. The van der Waals surface area contributed by atoms with E-state index in [2.05, 4.69) is 31.8 Å². The zero-order chi connectivity index (χ0) is 13.3. The number of benzene rings is 1. The van der Waals surface area contributed by atoms with Crippen LogP contribution in [0.5, 0.6) is 0 Å². The molecule has 0 fully saturated rings. The van der Waals surface area contributed by atoms with Crippen molar-refractivity contribution in [3.05, 3.63) is 33.4 Å². The van der Waals surface area contributed by atoms with Crippen LogP contribution >= 0.6 is 23.2 Å². The van der Waals surface area contributed by atoms with E-state index in [1.807, 2.05) is 6.07 Å². The lowest BCUT2D eigenvalue weighted by atomic mass is 10.0. The Hall–Kier alpha value is -0.660. The van der Waals surface area contributed by atoms with Gasteiger partial charge in [0.2, 0.25) is 0 Å². The zero-order valence-electron chi connectivity index (χ0n) is 11.1. The molecule has 18 heavy (non-hydrogen) atoms. The minimum Gasteiger partial charge on any atom is -0.357 e. The Morgan fingerprint density at radius 3 is 2.56 bits per heavy atom. The van der Waals surface area contributed by atoms with E-state index in [4.69, 9.17) is 23.2 Å². The van der Waals surface area contributed by atoms with Crippen molar-refractivity contribution in [3.63, 3.8) is 0 Å². The predicted molar refractivity (Wildman–Crippen MR) is 80.9 cm³/mol. The van der Waals surface area contributed by atoms with E-state index >= 15 is 0 Å². The van der Waals surface area contributed by atoms with Crippen molar-refractivity contribution < 1.29 is 0 Å². The summed E-state index contributed by atoms with van der Waals surface area (Å²) in [7, 11) is 0. The normalized spacial score (nSPS) is 11.7. The molecule has 0 aliphatic rings. The summed E-state index contributed by atoms with van der Waals surface area (Å²) in [6, 6.07) is 3.95. The summed E-state index contributed by atoms with van der Waals surface area (Å²) in [6.07, 6.45) is 3.28. The fourth-order valence-electron chi connectivity index (χ4n) is 2.36. The van der Waals surface area contributed by atoms with E-state index in [9.17, 15) is 0 Å². The van der Waals surface area contributed by atoms with Gasteiger partial charge < -0.3 is 4.98 Å². The van der Waals surface area contributed by atoms with Gasteiger partial charge in [0.1, 0.15) is 0 Å². The minimum absolute atomic E-state index is 0.614. The number of aryl methyl sites for hydroxylation is 2. The fourth-order valence-corrected chi connectivity index (χ4v) is 2.73. The molecule has 0 saturated heterocycles. The van der Waals surface area contributed by atoms with Gasteiger partial charge in [0.25, 0.3) is 0 Å². The summed E-state index contributed by atoms with van der Waals surface area (Å²) in [6.45, 7) is 6.68. The van der Waals surface area contributed by atoms with Gasteiger partial charge in [0, 0.05) is 11.1 Å². The Morgan fingerprint density at radius 1 is 1.22 bits per heavy atom. The first kappa shape index (κ1) is 13.8. The third kappa shape index (κ3) is 2.53. The number of hydrogen-bond acceptors (Lipinski definition) is 0. The molecule has 0 saturated carbocycles. The third-order valence-electron chi connectivity index (χ3n) is 3.39. The highest BCUT2D eigenvalue weighted by atomic mass is 35.5. The Kier molecular flexibility index (Phi) is 4.24. The van der Waals surface area contributed by atoms with Gasteiger partial charge in [0.15, 0.2) is 0 Å². The summed E-state index contributed by atoms with van der Waals surface area (Å²) in [5, 5.41) is 2.47. The molecule has 98 valence electrons. The Balaban J connectivity index is 2.50. The summed E-state index contributed by atoms with van der Waals surface area (Å²) < 4.78 is 0. The van der Waals surface area contributed by atoms with E-state index in [0.717, 1.165) is 18.4 Å². The molecule has 1 aromatic carbocycles. The maximum absolute atomic E-state index is 6.27. The Bertz CT molecular complexity index is 555. The molecular formula is C15H19Cl2N. The van der Waals surface area contributed by atoms with Crippen LogP contribution in [0.4, 0.5) is 0 Å². The number of nitrogens with one attached hydrogen (secondary N) is 1. The molecular weight excluding hydrogens is 265 g/mol. The Labute approximate surface area is 118 Å². The maximum atomic E-state index is 6.27. The zero-order valence-corrected chi connectivity index (χ0v) is 12.6. The number of rotatable bonds is 4. The lowest BCUT2D eigenvalue weighted by Gasteiger charge is -2.05. The lowest BCUT2D eigenvalue weighted by molar-refractivity contribution is 0.581. The van der Waals surface area contributed by atoms with E-state index < -0.39 is 0 Å². The standard InChI is InChI=1S/C15H19Cl2N/c1-4-10-11-6-7-12(16)14(17)15(11)18-13(10)8-5-9(2)3/h6-7,9,18H,4-5,8H2,1-3H3. The molecule has 1 N–H and O–H groups in total. The van der Waals surface area contributed by atoms with Gasteiger partial charge in [0.05, 0.1) is 15.6 Å². The maximum Gasteiger partial charge on any atom is 0.0833 e. The van der Waals surface area contributed by atoms with Gasteiger partial charge in [-0.1, -0.05) is 50.0 Å². The highest BCUT2D eigenvalue weighted by Gasteiger charge is 2.14. The summed E-state index contributed by atoms with van der Waals surface area (Å²) in [5.41, 5.74) is 3.68. The summed E-state index contributed by atoms with van der Waals surface area (Å²) in [4.78, 5) is 3.46. The van der Waals surface area contributed by atoms with Crippen molar-refractivity contribution in [1.82, 2.24) is 4.98 Å². The number of fused-ring (bicyclic) bond motifs is 1. The highest BCUT2D eigenvalue weighted by molar-refractivity contribution is 6.45. The van der Waals surface area contributed by atoms with E-state index in [1.165, 1.54) is 23.1 Å². The van der Waals surface area contributed by atoms with Crippen LogP contribution in [0.3, 0.4) is 0 Å². The average Bonchev–Trinajstić information content (AvgIpc) is 2.69. The first-order valence-electron chi connectivity index (χ1n) is 6.52. The number of aromatic nitrogens is 1. The molecule has 0 unspecified atom stereocenters. The number of hydrogen-bond donors (Lipinski definition) is 1. The molecule has 0 aliphatic carbocycles. The number of H-pyrrole nitrogens is 1. The molecule has 0 bridgehead atoms. The lowest BCUT2D eigenvalue weighted by Crippen LogP contribution is -1.95. The summed E-state index contributed by atoms with van der Waals surface area (Å²) in [5.74, 6) is 0.708. The first-order valence-corrected chi connectivity index (χ1v) is 7.27. The van der Waals surface area contributed by atoms with Gasteiger partial charge >= 0.3 is 0 Å². The smallest absolute Gasteiger partial charge is 0.0833 e. The van der Waals surface area contributed by atoms with Crippen molar-refractivity contribution >= 4 is 34.1 Å². The van der Waals surface area contributed by atoms with Crippen LogP contribution in [-0.2, 0) is 12.8 Å². The molecule has 1 aromatic heterocycles. The van der Waals surface area contributed by atoms with Crippen LogP contribution in [0.2, 0.25) is 10.0 Å². The van der Waals surface area contributed by atoms with E-state index in [-0.39, 0.29) is 0 Å². The first-order chi connectivity index (χ1) is 8.54.